The van der Waals surface area contributed by atoms with E-state index in [0.29, 0.717) is 19.0 Å². The molecule has 33 heavy (non-hydrogen) atoms. The number of hydrogen-bond donors (Lipinski definition) is 0. The first-order valence-corrected chi connectivity index (χ1v) is 11.4. The molecule has 4 rings (SSSR count). The van der Waals surface area contributed by atoms with Gasteiger partial charge >= 0.3 is 0 Å². The number of amides is 1. The number of carbonyl (C=O) groups is 1. The molecule has 3 heterocycles. The topological polar surface area (TPSA) is 71.5 Å². The van der Waals surface area contributed by atoms with Crippen molar-refractivity contribution < 1.29 is 9.53 Å². The molecule has 0 spiro atoms. The minimum absolute atomic E-state index is 0.0792. The molecule has 0 aliphatic carbocycles. The second kappa shape index (κ2) is 9.98. The monoisotopic (exact) mass is 445 g/mol. The summed E-state index contributed by atoms with van der Waals surface area (Å²) in [6.07, 6.45) is 7.72. The van der Waals surface area contributed by atoms with Gasteiger partial charge in [0.25, 0.3) is 0 Å². The SMILES string of the molecule is CCOc1ccc(CC(=O)N2CCC[C@H]2c2nc(N(C)C)ncc2-c2ccncc2C)cc1. The first-order chi connectivity index (χ1) is 16.0. The molecule has 0 unspecified atom stereocenters. The van der Waals surface area contributed by atoms with Gasteiger partial charge in [-0.2, -0.15) is 0 Å². The number of aryl methyl sites for hydroxylation is 1. The van der Waals surface area contributed by atoms with Gasteiger partial charge in [0.15, 0.2) is 0 Å². The zero-order chi connectivity index (χ0) is 23.4. The molecule has 1 aliphatic rings. The number of ether oxygens (including phenoxy) is 1. The third-order valence-corrected chi connectivity index (χ3v) is 5.99. The lowest BCUT2D eigenvalue weighted by Crippen LogP contribution is -2.33. The summed E-state index contributed by atoms with van der Waals surface area (Å²) in [5.41, 5.74) is 4.96. The third-order valence-electron chi connectivity index (χ3n) is 5.99. The molecule has 1 fully saturated rings. The molecule has 172 valence electrons. The van der Waals surface area contributed by atoms with E-state index in [2.05, 4.69) is 9.97 Å². The molecule has 1 saturated heterocycles. The Morgan fingerprint density at radius 1 is 1.15 bits per heavy atom. The Bertz CT molecular complexity index is 1110. The smallest absolute Gasteiger partial charge is 0.227 e. The van der Waals surface area contributed by atoms with Crippen LogP contribution in [-0.2, 0) is 11.2 Å². The average molecular weight is 446 g/mol. The number of hydrogen-bond acceptors (Lipinski definition) is 6. The number of rotatable bonds is 7. The average Bonchev–Trinajstić information content (AvgIpc) is 3.30. The highest BCUT2D eigenvalue weighted by Crippen LogP contribution is 2.38. The van der Waals surface area contributed by atoms with Crippen LogP contribution in [0.1, 0.15) is 42.6 Å². The molecule has 1 atom stereocenters. The van der Waals surface area contributed by atoms with Crippen molar-refractivity contribution >= 4 is 11.9 Å². The summed E-state index contributed by atoms with van der Waals surface area (Å²) in [5, 5.41) is 0. The van der Waals surface area contributed by atoms with Gasteiger partial charge in [0, 0.05) is 44.8 Å². The molecular weight excluding hydrogens is 414 g/mol. The number of anilines is 1. The van der Waals surface area contributed by atoms with Crippen molar-refractivity contribution in [3.05, 3.63) is 65.7 Å². The molecule has 0 N–H and O–H groups in total. The highest BCUT2D eigenvalue weighted by Gasteiger charge is 2.33. The van der Waals surface area contributed by atoms with Crippen LogP contribution in [0.15, 0.2) is 48.9 Å². The quantitative estimate of drug-likeness (QED) is 0.542. The number of nitrogens with zero attached hydrogens (tertiary/aromatic N) is 5. The fourth-order valence-corrected chi connectivity index (χ4v) is 4.33. The molecule has 0 bridgehead atoms. The van der Waals surface area contributed by atoms with E-state index in [0.717, 1.165) is 53.1 Å². The number of pyridine rings is 1. The van der Waals surface area contributed by atoms with E-state index in [9.17, 15) is 4.79 Å². The Morgan fingerprint density at radius 2 is 1.94 bits per heavy atom. The fraction of sp³-hybridized carbons (Fsp3) is 0.385. The van der Waals surface area contributed by atoms with Crippen molar-refractivity contribution in [3.8, 4) is 16.9 Å². The van der Waals surface area contributed by atoms with Crippen molar-refractivity contribution in [2.24, 2.45) is 0 Å². The van der Waals surface area contributed by atoms with Crippen molar-refractivity contribution in [3.63, 3.8) is 0 Å². The van der Waals surface area contributed by atoms with E-state index in [4.69, 9.17) is 9.72 Å². The summed E-state index contributed by atoms with van der Waals surface area (Å²) in [6.45, 7) is 5.36. The fourth-order valence-electron chi connectivity index (χ4n) is 4.33. The predicted octanol–water partition coefficient (Wildman–Crippen LogP) is 4.22. The van der Waals surface area contributed by atoms with E-state index in [1.807, 2.05) is 80.5 Å². The minimum atomic E-state index is -0.0792. The molecule has 1 amide bonds. The molecule has 0 saturated carbocycles. The van der Waals surface area contributed by atoms with Crippen molar-refractivity contribution in [2.75, 3.05) is 32.1 Å². The van der Waals surface area contributed by atoms with Crippen LogP contribution >= 0.6 is 0 Å². The van der Waals surface area contributed by atoms with Crippen molar-refractivity contribution in [2.45, 2.75) is 39.2 Å². The summed E-state index contributed by atoms with van der Waals surface area (Å²) >= 11 is 0. The maximum Gasteiger partial charge on any atom is 0.227 e. The van der Waals surface area contributed by atoms with Crippen LogP contribution < -0.4 is 9.64 Å². The largest absolute Gasteiger partial charge is 0.494 e. The van der Waals surface area contributed by atoms with Crippen LogP contribution in [0.3, 0.4) is 0 Å². The molecule has 1 aromatic carbocycles. The van der Waals surface area contributed by atoms with Gasteiger partial charge in [-0.05, 0) is 61.6 Å². The molecule has 0 radical (unpaired) electrons. The zero-order valence-electron chi connectivity index (χ0n) is 19.8. The number of likely N-dealkylation sites (tertiary alicyclic amines) is 1. The molecule has 7 nitrogen and oxygen atoms in total. The number of benzene rings is 1. The van der Waals surface area contributed by atoms with Gasteiger partial charge in [0.05, 0.1) is 24.8 Å². The van der Waals surface area contributed by atoms with Gasteiger partial charge in [0.2, 0.25) is 11.9 Å². The lowest BCUT2D eigenvalue weighted by atomic mass is 9.97. The lowest BCUT2D eigenvalue weighted by Gasteiger charge is -2.27. The lowest BCUT2D eigenvalue weighted by molar-refractivity contribution is -0.131. The van der Waals surface area contributed by atoms with Gasteiger partial charge in [-0.25, -0.2) is 9.97 Å². The summed E-state index contributed by atoms with van der Waals surface area (Å²) in [7, 11) is 3.86. The van der Waals surface area contributed by atoms with E-state index >= 15 is 0 Å². The van der Waals surface area contributed by atoms with E-state index < -0.39 is 0 Å². The van der Waals surface area contributed by atoms with E-state index in [1.165, 1.54) is 0 Å². The van der Waals surface area contributed by atoms with Crippen LogP contribution in [0.5, 0.6) is 5.75 Å². The van der Waals surface area contributed by atoms with Crippen LogP contribution in [-0.4, -0.2) is 53.0 Å². The number of aromatic nitrogens is 3. The second-order valence-corrected chi connectivity index (χ2v) is 8.55. The first kappa shape index (κ1) is 22.7. The van der Waals surface area contributed by atoms with Crippen LogP contribution in [0.25, 0.3) is 11.1 Å². The van der Waals surface area contributed by atoms with E-state index in [1.54, 1.807) is 6.20 Å². The first-order valence-electron chi connectivity index (χ1n) is 11.4. The highest BCUT2D eigenvalue weighted by atomic mass is 16.5. The summed E-state index contributed by atoms with van der Waals surface area (Å²) in [6, 6.07) is 9.69. The highest BCUT2D eigenvalue weighted by molar-refractivity contribution is 5.80. The molecule has 7 heteroatoms. The predicted molar refractivity (Wildman–Crippen MR) is 129 cm³/mol. The van der Waals surface area contributed by atoms with Crippen LogP contribution in [0, 0.1) is 6.92 Å². The Labute approximate surface area is 195 Å². The van der Waals surface area contributed by atoms with Crippen molar-refractivity contribution in [1.82, 2.24) is 19.9 Å². The second-order valence-electron chi connectivity index (χ2n) is 8.55. The minimum Gasteiger partial charge on any atom is -0.494 e. The third kappa shape index (κ3) is 4.97. The van der Waals surface area contributed by atoms with E-state index in [-0.39, 0.29) is 11.9 Å². The maximum absolute atomic E-state index is 13.4. The van der Waals surface area contributed by atoms with Crippen LogP contribution in [0.2, 0.25) is 0 Å². The molecular formula is C26H31N5O2. The summed E-state index contributed by atoms with van der Waals surface area (Å²) in [5.74, 6) is 1.58. The summed E-state index contributed by atoms with van der Waals surface area (Å²) < 4.78 is 5.52. The Kier molecular flexibility index (Phi) is 6.87. The molecule has 1 aliphatic heterocycles. The van der Waals surface area contributed by atoms with Crippen molar-refractivity contribution in [1.29, 1.82) is 0 Å². The van der Waals surface area contributed by atoms with Gasteiger partial charge in [0.1, 0.15) is 5.75 Å². The molecule has 2 aromatic heterocycles. The Balaban J connectivity index is 1.65. The number of carbonyl (C=O) groups excluding carboxylic acids is 1. The Hall–Kier alpha value is -3.48. The molecule has 3 aromatic rings. The van der Waals surface area contributed by atoms with Gasteiger partial charge in [-0.1, -0.05) is 12.1 Å². The van der Waals surface area contributed by atoms with Gasteiger partial charge in [-0.3, -0.25) is 9.78 Å². The van der Waals surface area contributed by atoms with Crippen LogP contribution in [0.4, 0.5) is 5.95 Å². The standard InChI is InChI=1S/C26H31N5O2/c1-5-33-20-10-8-19(9-11-20)15-24(32)31-14-6-7-23(31)25-22(17-28-26(29-25)30(3)4)21-12-13-27-16-18(21)2/h8-13,16-17,23H,5-7,14-15H2,1-4H3/t23-/m0/s1. The van der Waals surface area contributed by atoms with Gasteiger partial charge < -0.3 is 14.5 Å². The maximum atomic E-state index is 13.4. The summed E-state index contributed by atoms with van der Waals surface area (Å²) in [4.78, 5) is 31.0. The van der Waals surface area contributed by atoms with Gasteiger partial charge in [-0.15, -0.1) is 0 Å². The zero-order valence-corrected chi connectivity index (χ0v) is 19.8. The Morgan fingerprint density at radius 3 is 2.64 bits per heavy atom. The normalized spacial score (nSPS) is 15.5.